The maximum Gasteiger partial charge on any atom is 0.119 e. The number of benzene rings is 2. The highest BCUT2D eigenvalue weighted by Gasteiger charge is 2.23. The van der Waals surface area contributed by atoms with E-state index in [4.69, 9.17) is 14.6 Å². The minimum Gasteiger partial charge on any atom is -0.491 e. The Morgan fingerprint density at radius 3 is 2.36 bits per heavy atom. The van der Waals surface area contributed by atoms with Gasteiger partial charge in [-0.15, -0.1) is 0 Å². The highest BCUT2D eigenvalue weighted by Crippen LogP contribution is 2.30. The molecule has 3 rings (SSSR count). The largest absolute Gasteiger partial charge is 0.491 e. The Hall–Kier alpha value is -1.84. The summed E-state index contributed by atoms with van der Waals surface area (Å²) in [6.07, 6.45) is 2.02. The molecule has 0 saturated carbocycles. The Kier molecular flexibility index (Phi) is 5.09. The van der Waals surface area contributed by atoms with E-state index in [2.05, 4.69) is 36.4 Å². The van der Waals surface area contributed by atoms with E-state index in [-0.39, 0.29) is 12.7 Å². The number of aliphatic hydroxyl groups excluding tert-OH is 1. The van der Waals surface area contributed by atoms with E-state index in [9.17, 15) is 0 Å². The number of rotatable bonds is 8. The molecule has 1 aliphatic rings. The molecule has 22 heavy (non-hydrogen) atoms. The summed E-state index contributed by atoms with van der Waals surface area (Å²) in [6.45, 7) is 1.67. The van der Waals surface area contributed by atoms with E-state index in [1.54, 1.807) is 0 Å². The number of epoxide rings is 1. The van der Waals surface area contributed by atoms with Gasteiger partial charge in [0.25, 0.3) is 0 Å². The lowest BCUT2D eigenvalue weighted by molar-refractivity contribution is 0.263. The zero-order chi connectivity index (χ0) is 15.2. The second-order valence-electron chi connectivity index (χ2n) is 5.66. The lowest BCUT2D eigenvalue weighted by Gasteiger charge is -2.18. The van der Waals surface area contributed by atoms with E-state index in [0.29, 0.717) is 12.5 Å². The van der Waals surface area contributed by atoms with Crippen LogP contribution in [0.1, 0.15) is 29.9 Å². The second-order valence-corrected chi connectivity index (χ2v) is 5.66. The quantitative estimate of drug-likeness (QED) is 0.760. The molecule has 116 valence electrons. The van der Waals surface area contributed by atoms with Crippen LogP contribution in [-0.4, -0.2) is 31.0 Å². The molecule has 0 aliphatic carbocycles. The monoisotopic (exact) mass is 298 g/mol. The summed E-state index contributed by atoms with van der Waals surface area (Å²) in [7, 11) is 0. The lowest BCUT2D eigenvalue weighted by Crippen LogP contribution is -2.05. The number of ether oxygens (including phenoxy) is 2. The van der Waals surface area contributed by atoms with Gasteiger partial charge in [-0.2, -0.15) is 0 Å². The number of hydrogen-bond acceptors (Lipinski definition) is 3. The molecule has 2 aromatic rings. The van der Waals surface area contributed by atoms with Crippen LogP contribution in [0.15, 0.2) is 54.6 Å². The molecule has 0 spiro atoms. The molecule has 3 nitrogen and oxygen atoms in total. The van der Waals surface area contributed by atoms with Crippen LogP contribution in [0.4, 0.5) is 0 Å². The zero-order valence-corrected chi connectivity index (χ0v) is 12.7. The molecule has 2 unspecified atom stereocenters. The predicted molar refractivity (Wildman–Crippen MR) is 86.3 cm³/mol. The molecule has 0 aromatic heterocycles. The summed E-state index contributed by atoms with van der Waals surface area (Å²) in [4.78, 5) is 0. The van der Waals surface area contributed by atoms with Crippen LogP contribution in [0.5, 0.6) is 5.75 Å². The third-order valence-electron chi connectivity index (χ3n) is 3.97. The van der Waals surface area contributed by atoms with E-state index in [1.807, 2.05) is 18.2 Å². The molecule has 1 aliphatic heterocycles. The van der Waals surface area contributed by atoms with Crippen molar-refractivity contribution in [3.63, 3.8) is 0 Å². The fourth-order valence-electron chi connectivity index (χ4n) is 2.66. The van der Waals surface area contributed by atoms with Crippen LogP contribution in [-0.2, 0) is 4.74 Å². The van der Waals surface area contributed by atoms with E-state index in [1.165, 1.54) is 11.1 Å². The molecule has 1 heterocycles. The van der Waals surface area contributed by atoms with Gasteiger partial charge in [-0.1, -0.05) is 42.5 Å². The topological polar surface area (TPSA) is 42.0 Å². The normalized spacial score (nSPS) is 18.0. The molecule has 1 saturated heterocycles. The molecule has 2 aromatic carbocycles. The van der Waals surface area contributed by atoms with Crippen LogP contribution in [0.2, 0.25) is 0 Å². The maximum absolute atomic E-state index is 9.15. The van der Waals surface area contributed by atoms with Crippen LogP contribution >= 0.6 is 0 Å². The van der Waals surface area contributed by atoms with Crippen molar-refractivity contribution in [3.8, 4) is 5.75 Å². The molecule has 0 amide bonds. The second kappa shape index (κ2) is 7.43. The van der Waals surface area contributed by atoms with Crippen LogP contribution in [0.3, 0.4) is 0 Å². The van der Waals surface area contributed by atoms with Crippen molar-refractivity contribution in [3.05, 3.63) is 65.7 Å². The van der Waals surface area contributed by atoms with Gasteiger partial charge in [-0.05, 0) is 36.1 Å². The Bertz CT molecular complexity index is 561. The standard InChI is InChI=1S/C19H22O3/c20-12-4-7-19(15-5-2-1-3-6-15)16-8-10-17(11-9-16)21-13-18-14-22-18/h1-3,5-6,8-11,18-20H,4,7,12-14H2. The molecule has 3 heteroatoms. The third-order valence-corrected chi connectivity index (χ3v) is 3.97. The maximum atomic E-state index is 9.15. The SMILES string of the molecule is OCCCC(c1ccccc1)c1ccc(OCC2CO2)cc1. The van der Waals surface area contributed by atoms with Crippen LogP contribution in [0.25, 0.3) is 0 Å². The Morgan fingerprint density at radius 2 is 1.73 bits per heavy atom. The first-order chi connectivity index (χ1) is 10.9. The van der Waals surface area contributed by atoms with Gasteiger partial charge in [0.05, 0.1) is 6.61 Å². The van der Waals surface area contributed by atoms with Crippen LogP contribution in [0, 0.1) is 0 Å². The van der Waals surface area contributed by atoms with Crippen LogP contribution < -0.4 is 4.74 Å². The van der Waals surface area contributed by atoms with E-state index >= 15 is 0 Å². The molecular formula is C19H22O3. The van der Waals surface area contributed by atoms with E-state index in [0.717, 1.165) is 25.2 Å². The average molecular weight is 298 g/mol. The first kappa shape index (κ1) is 15.1. The molecule has 2 atom stereocenters. The first-order valence-electron chi connectivity index (χ1n) is 7.87. The van der Waals surface area contributed by atoms with E-state index < -0.39 is 0 Å². The van der Waals surface area contributed by atoms with Crippen molar-refractivity contribution in [2.24, 2.45) is 0 Å². The molecule has 0 bridgehead atoms. The fraction of sp³-hybridized carbons (Fsp3) is 0.368. The van der Waals surface area contributed by atoms with Gasteiger partial charge in [0, 0.05) is 12.5 Å². The van der Waals surface area contributed by atoms with Gasteiger partial charge < -0.3 is 14.6 Å². The van der Waals surface area contributed by atoms with Gasteiger partial charge in [0.15, 0.2) is 0 Å². The summed E-state index contributed by atoms with van der Waals surface area (Å²) in [5.74, 6) is 1.20. The third kappa shape index (κ3) is 4.09. The smallest absolute Gasteiger partial charge is 0.119 e. The summed E-state index contributed by atoms with van der Waals surface area (Å²) in [6, 6.07) is 18.7. The Morgan fingerprint density at radius 1 is 1.05 bits per heavy atom. The van der Waals surface area contributed by atoms with Crippen molar-refractivity contribution >= 4 is 0 Å². The highest BCUT2D eigenvalue weighted by atomic mass is 16.6. The zero-order valence-electron chi connectivity index (χ0n) is 12.7. The van der Waals surface area contributed by atoms with Crippen molar-refractivity contribution < 1.29 is 14.6 Å². The fourth-order valence-corrected chi connectivity index (χ4v) is 2.66. The van der Waals surface area contributed by atoms with Crippen molar-refractivity contribution in [2.45, 2.75) is 24.9 Å². The van der Waals surface area contributed by atoms with Crippen molar-refractivity contribution in [1.82, 2.24) is 0 Å². The van der Waals surface area contributed by atoms with Crippen molar-refractivity contribution in [2.75, 3.05) is 19.8 Å². The predicted octanol–water partition coefficient (Wildman–Crippen LogP) is 3.37. The van der Waals surface area contributed by atoms with Gasteiger partial charge in [-0.25, -0.2) is 0 Å². The molecule has 0 radical (unpaired) electrons. The number of aliphatic hydroxyl groups is 1. The summed E-state index contributed by atoms with van der Waals surface area (Å²) >= 11 is 0. The summed E-state index contributed by atoms with van der Waals surface area (Å²) < 4.78 is 10.8. The lowest BCUT2D eigenvalue weighted by atomic mass is 9.87. The molecule has 1 fully saturated rings. The Labute approximate surface area is 131 Å². The highest BCUT2D eigenvalue weighted by molar-refractivity contribution is 5.36. The van der Waals surface area contributed by atoms with Gasteiger partial charge >= 0.3 is 0 Å². The minimum absolute atomic E-state index is 0.228. The number of hydrogen-bond donors (Lipinski definition) is 1. The molecular weight excluding hydrogens is 276 g/mol. The summed E-state index contributed by atoms with van der Waals surface area (Å²) in [5, 5.41) is 9.15. The van der Waals surface area contributed by atoms with Gasteiger partial charge in [0.1, 0.15) is 18.5 Å². The average Bonchev–Trinajstić information content (AvgIpc) is 3.40. The van der Waals surface area contributed by atoms with Gasteiger partial charge in [0.2, 0.25) is 0 Å². The Balaban J connectivity index is 1.71. The summed E-state index contributed by atoms with van der Waals surface area (Å²) in [5.41, 5.74) is 2.55. The minimum atomic E-state index is 0.228. The molecule has 1 N–H and O–H groups in total. The first-order valence-corrected chi connectivity index (χ1v) is 7.87. The van der Waals surface area contributed by atoms with Gasteiger partial charge in [-0.3, -0.25) is 0 Å². The van der Waals surface area contributed by atoms with Crippen molar-refractivity contribution in [1.29, 1.82) is 0 Å².